The van der Waals surface area contributed by atoms with Crippen molar-refractivity contribution < 1.29 is 9.22 Å². The van der Waals surface area contributed by atoms with Crippen molar-refractivity contribution in [2.45, 2.75) is 117 Å². The average molecular weight is 405 g/mol. The van der Waals surface area contributed by atoms with Gasteiger partial charge in [-0.15, -0.1) is 0 Å². The van der Waals surface area contributed by atoms with Crippen LogP contribution in [0.2, 0.25) is 18.1 Å². The standard InChI is InChI=1S/C25H44O2Si/c1-23(2,3)28(6,7)27-22-11-10-20-19-9-8-17-16-18(26)12-14-24(17,4)21(19)13-15-25(20,22)5/h17,19-22H,8-16H2,1-7H3/t17-,19+,20-,21+,22+,24+,25+/m1/s1. The summed E-state index contributed by atoms with van der Waals surface area (Å²) in [4.78, 5) is 12.1. The number of ketones is 1. The van der Waals surface area contributed by atoms with Crippen LogP contribution in [0.3, 0.4) is 0 Å². The number of hydrogen-bond donors (Lipinski definition) is 0. The fourth-order valence-corrected chi connectivity index (χ4v) is 9.18. The molecular formula is C25H44O2Si. The van der Waals surface area contributed by atoms with Crippen LogP contribution in [0, 0.1) is 34.5 Å². The van der Waals surface area contributed by atoms with Crippen molar-refractivity contribution in [1.29, 1.82) is 0 Å². The van der Waals surface area contributed by atoms with Crippen LogP contribution in [0.5, 0.6) is 0 Å². The monoisotopic (exact) mass is 404 g/mol. The van der Waals surface area contributed by atoms with Gasteiger partial charge in [-0.3, -0.25) is 4.79 Å². The summed E-state index contributed by atoms with van der Waals surface area (Å²) in [5, 5.41) is 0.290. The van der Waals surface area contributed by atoms with Gasteiger partial charge in [-0.05, 0) is 97.6 Å². The minimum atomic E-state index is -1.72. The molecular weight excluding hydrogens is 360 g/mol. The number of rotatable bonds is 2. The van der Waals surface area contributed by atoms with Crippen LogP contribution in [0.25, 0.3) is 0 Å². The van der Waals surface area contributed by atoms with Gasteiger partial charge < -0.3 is 4.43 Å². The first-order valence-corrected chi connectivity index (χ1v) is 15.0. The van der Waals surface area contributed by atoms with Crippen molar-refractivity contribution in [3.63, 3.8) is 0 Å². The Labute approximate surface area is 174 Å². The Balaban J connectivity index is 1.55. The van der Waals surface area contributed by atoms with Crippen molar-refractivity contribution in [2.75, 3.05) is 0 Å². The first-order chi connectivity index (χ1) is 12.9. The van der Waals surface area contributed by atoms with Crippen molar-refractivity contribution in [3.8, 4) is 0 Å². The molecule has 0 N–H and O–H groups in total. The molecule has 0 saturated heterocycles. The van der Waals surface area contributed by atoms with E-state index in [1.165, 1.54) is 38.5 Å². The lowest BCUT2D eigenvalue weighted by molar-refractivity contribution is -0.141. The minimum absolute atomic E-state index is 0.290. The van der Waals surface area contributed by atoms with E-state index in [1.54, 1.807) is 0 Å². The second-order valence-corrected chi connectivity index (χ2v) is 17.6. The fourth-order valence-electron chi connectivity index (χ4n) is 7.72. The highest BCUT2D eigenvalue weighted by atomic mass is 28.4. The SMILES string of the molecule is CC(C)(C)[Si](C)(C)O[C@H]1CC[C@@H]2[C@@H]3CC[C@@H]4CC(=O)CC[C@]4(C)[C@H]3CC[C@]12C. The molecule has 2 nitrogen and oxygen atoms in total. The van der Waals surface area contributed by atoms with Gasteiger partial charge in [0.15, 0.2) is 8.32 Å². The molecule has 4 saturated carbocycles. The summed E-state index contributed by atoms with van der Waals surface area (Å²) < 4.78 is 7.06. The molecule has 0 amide bonds. The van der Waals surface area contributed by atoms with Crippen LogP contribution in [0.1, 0.15) is 92.4 Å². The Kier molecular flexibility index (Phi) is 5.03. The van der Waals surface area contributed by atoms with Crippen LogP contribution in [-0.2, 0) is 9.22 Å². The van der Waals surface area contributed by atoms with Gasteiger partial charge in [-0.2, -0.15) is 0 Å². The molecule has 0 aromatic heterocycles. The third-order valence-electron chi connectivity index (χ3n) is 10.6. The maximum atomic E-state index is 12.1. The van der Waals surface area contributed by atoms with E-state index in [2.05, 4.69) is 47.7 Å². The van der Waals surface area contributed by atoms with Gasteiger partial charge in [0.05, 0.1) is 6.10 Å². The van der Waals surface area contributed by atoms with E-state index in [0.29, 0.717) is 33.7 Å². The number of carbonyl (C=O) groups is 1. The van der Waals surface area contributed by atoms with Crippen molar-refractivity contribution in [2.24, 2.45) is 34.5 Å². The molecule has 4 aliphatic carbocycles. The van der Waals surface area contributed by atoms with E-state index in [1.807, 2.05) is 0 Å². The normalized spacial score (nSPS) is 46.7. The van der Waals surface area contributed by atoms with Crippen molar-refractivity contribution in [3.05, 3.63) is 0 Å². The van der Waals surface area contributed by atoms with Crippen LogP contribution in [0.15, 0.2) is 0 Å². The molecule has 4 fully saturated rings. The summed E-state index contributed by atoms with van der Waals surface area (Å²) in [7, 11) is -1.72. The highest BCUT2D eigenvalue weighted by molar-refractivity contribution is 6.74. The molecule has 0 heterocycles. The summed E-state index contributed by atoms with van der Waals surface area (Å²) in [6.07, 6.45) is 11.4. The molecule has 160 valence electrons. The topological polar surface area (TPSA) is 26.3 Å². The Morgan fingerprint density at radius 1 is 0.929 bits per heavy atom. The zero-order valence-electron chi connectivity index (χ0n) is 19.6. The highest BCUT2D eigenvalue weighted by Gasteiger charge is 2.61. The molecule has 3 heteroatoms. The van der Waals surface area contributed by atoms with Gasteiger partial charge in [0.1, 0.15) is 5.78 Å². The predicted molar refractivity (Wildman–Crippen MR) is 119 cm³/mol. The Hall–Kier alpha value is -0.153. The predicted octanol–water partition coefficient (Wildman–Crippen LogP) is 6.99. The fraction of sp³-hybridized carbons (Fsp3) is 0.960. The quantitative estimate of drug-likeness (QED) is 0.464. The van der Waals surface area contributed by atoms with Crippen LogP contribution in [0.4, 0.5) is 0 Å². The van der Waals surface area contributed by atoms with E-state index in [0.717, 1.165) is 37.0 Å². The van der Waals surface area contributed by atoms with Gasteiger partial charge in [0, 0.05) is 12.8 Å². The molecule has 0 bridgehead atoms. The van der Waals surface area contributed by atoms with Gasteiger partial charge >= 0.3 is 0 Å². The molecule has 0 aromatic carbocycles. The van der Waals surface area contributed by atoms with Crippen molar-refractivity contribution in [1.82, 2.24) is 0 Å². The zero-order valence-corrected chi connectivity index (χ0v) is 20.6. The molecule has 0 radical (unpaired) electrons. The summed E-state index contributed by atoms with van der Waals surface area (Å²) in [5.74, 6) is 3.77. The molecule has 28 heavy (non-hydrogen) atoms. The Morgan fingerprint density at radius 3 is 2.29 bits per heavy atom. The van der Waals surface area contributed by atoms with E-state index in [9.17, 15) is 4.79 Å². The third kappa shape index (κ3) is 3.09. The molecule has 4 aliphatic rings. The summed E-state index contributed by atoms with van der Waals surface area (Å²) in [6.45, 7) is 17.1. The molecule has 0 aromatic rings. The number of hydrogen-bond acceptors (Lipinski definition) is 2. The van der Waals surface area contributed by atoms with Gasteiger partial charge in [-0.25, -0.2) is 0 Å². The van der Waals surface area contributed by atoms with E-state index < -0.39 is 8.32 Å². The van der Waals surface area contributed by atoms with Gasteiger partial charge in [0.25, 0.3) is 0 Å². The van der Waals surface area contributed by atoms with Crippen LogP contribution >= 0.6 is 0 Å². The second-order valence-electron chi connectivity index (χ2n) is 12.9. The molecule has 4 rings (SSSR count). The highest BCUT2D eigenvalue weighted by Crippen LogP contribution is 2.66. The smallest absolute Gasteiger partial charge is 0.192 e. The van der Waals surface area contributed by atoms with E-state index in [4.69, 9.17) is 4.43 Å². The summed E-state index contributed by atoms with van der Waals surface area (Å²) in [6, 6.07) is 0. The molecule has 7 atom stereocenters. The third-order valence-corrected chi connectivity index (χ3v) is 15.1. The minimum Gasteiger partial charge on any atom is -0.413 e. The number of carbonyl (C=O) groups excluding carboxylic acids is 1. The first-order valence-electron chi connectivity index (χ1n) is 12.1. The lowest BCUT2D eigenvalue weighted by Crippen LogP contribution is -2.55. The van der Waals surface area contributed by atoms with Gasteiger partial charge in [0.2, 0.25) is 0 Å². The van der Waals surface area contributed by atoms with Crippen LogP contribution < -0.4 is 0 Å². The van der Waals surface area contributed by atoms with E-state index in [-0.39, 0.29) is 0 Å². The lowest BCUT2D eigenvalue weighted by Gasteiger charge is -2.60. The molecule has 0 spiro atoms. The Morgan fingerprint density at radius 2 is 1.61 bits per heavy atom. The maximum absolute atomic E-state index is 12.1. The average Bonchev–Trinajstić information content (AvgIpc) is 2.91. The maximum Gasteiger partial charge on any atom is 0.192 e. The largest absolute Gasteiger partial charge is 0.413 e. The van der Waals surface area contributed by atoms with E-state index >= 15 is 0 Å². The summed E-state index contributed by atoms with van der Waals surface area (Å²) >= 11 is 0. The molecule has 0 unspecified atom stereocenters. The first kappa shape index (κ1) is 21.1. The lowest BCUT2D eigenvalue weighted by atomic mass is 9.45. The second kappa shape index (κ2) is 6.67. The van der Waals surface area contributed by atoms with Crippen molar-refractivity contribution >= 4 is 14.1 Å². The summed E-state index contributed by atoms with van der Waals surface area (Å²) in [5.41, 5.74) is 0.806. The van der Waals surface area contributed by atoms with Crippen LogP contribution in [-0.4, -0.2) is 20.2 Å². The van der Waals surface area contributed by atoms with Gasteiger partial charge in [-0.1, -0.05) is 34.6 Å². The Bertz CT molecular complexity index is 635. The molecule has 0 aliphatic heterocycles. The number of fused-ring (bicyclic) bond motifs is 5. The number of Topliss-reactive ketones (excluding diaryl/α,β-unsaturated/α-hetero) is 1. The zero-order chi connectivity index (χ0) is 20.5.